The Bertz CT molecular complexity index is 138. The van der Waals surface area contributed by atoms with Crippen LogP contribution in [0.4, 0.5) is 0 Å². The molecule has 10 heavy (non-hydrogen) atoms. The van der Waals surface area contributed by atoms with Gasteiger partial charge in [-0.05, 0) is 19.4 Å². The Kier molecular flexibility index (Phi) is 5.36. The highest BCUT2D eigenvalue weighted by Crippen LogP contribution is 1.92. The number of nitrogens with one attached hydrogen (secondary N) is 1. The molecule has 0 heterocycles. The second-order valence-electron chi connectivity index (χ2n) is 2.52. The zero-order chi connectivity index (χ0) is 7.98. The summed E-state index contributed by atoms with van der Waals surface area (Å²) in [5.41, 5.74) is 3.87. The van der Waals surface area contributed by atoms with Crippen LogP contribution in [0.2, 0.25) is 0 Å². The van der Waals surface area contributed by atoms with Gasteiger partial charge in [-0.15, -0.1) is 0 Å². The molecule has 0 aliphatic heterocycles. The minimum atomic E-state index is 0.844. The van der Waals surface area contributed by atoms with Crippen LogP contribution in [0.25, 0.3) is 0 Å². The van der Waals surface area contributed by atoms with Crippen LogP contribution in [0.1, 0.15) is 13.8 Å². The topological polar surface area (TPSA) is 12.0 Å². The first-order chi connectivity index (χ1) is 4.66. The molecule has 0 saturated carbocycles. The maximum absolute atomic E-state index is 5.44. The maximum atomic E-state index is 5.44. The van der Waals surface area contributed by atoms with Crippen molar-refractivity contribution in [2.45, 2.75) is 13.8 Å². The first-order valence-electron chi connectivity index (χ1n) is 3.27. The SMILES string of the molecule is C=C(C)CNC/C(C)=C/Cl. The standard InChI is InChI=1S/C8H14ClN/c1-7(2)5-10-6-8(3)4-9/h4,10H,1,5-6H2,2-3H3/b8-4+. The maximum Gasteiger partial charge on any atom is 0.0176 e. The summed E-state index contributed by atoms with van der Waals surface area (Å²) in [6.07, 6.45) is 0. The number of halogens is 1. The Morgan fingerprint density at radius 3 is 2.50 bits per heavy atom. The minimum Gasteiger partial charge on any atom is -0.309 e. The average Bonchev–Trinajstić information content (AvgIpc) is 1.87. The summed E-state index contributed by atoms with van der Waals surface area (Å²) in [7, 11) is 0. The van der Waals surface area contributed by atoms with E-state index in [2.05, 4.69) is 11.9 Å². The molecule has 0 aromatic rings. The summed E-state index contributed by atoms with van der Waals surface area (Å²) < 4.78 is 0. The highest BCUT2D eigenvalue weighted by Gasteiger charge is 1.87. The van der Waals surface area contributed by atoms with E-state index in [0.717, 1.165) is 24.2 Å². The fourth-order valence-electron chi connectivity index (χ4n) is 0.512. The quantitative estimate of drug-likeness (QED) is 0.621. The predicted molar refractivity (Wildman–Crippen MR) is 47.3 cm³/mol. The van der Waals surface area contributed by atoms with Crippen molar-refractivity contribution in [3.8, 4) is 0 Å². The second kappa shape index (κ2) is 5.51. The van der Waals surface area contributed by atoms with Crippen LogP contribution in [0, 0.1) is 0 Å². The molecule has 0 aliphatic rings. The zero-order valence-electron chi connectivity index (χ0n) is 6.58. The van der Waals surface area contributed by atoms with Gasteiger partial charge < -0.3 is 5.32 Å². The summed E-state index contributed by atoms with van der Waals surface area (Å²) in [6, 6.07) is 0. The molecule has 2 heteroatoms. The monoisotopic (exact) mass is 159 g/mol. The molecule has 0 radical (unpaired) electrons. The van der Waals surface area contributed by atoms with Crippen molar-refractivity contribution in [3.05, 3.63) is 23.3 Å². The molecule has 0 rings (SSSR count). The molecule has 0 unspecified atom stereocenters. The molecule has 0 fully saturated rings. The van der Waals surface area contributed by atoms with Gasteiger partial charge in [-0.25, -0.2) is 0 Å². The van der Waals surface area contributed by atoms with Crippen molar-refractivity contribution >= 4 is 11.6 Å². The highest BCUT2D eigenvalue weighted by molar-refractivity contribution is 6.25. The van der Waals surface area contributed by atoms with Crippen LogP contribution in [0.3, 0.4) is 0 Å². The highest BCUT2D eigenvalue weighted by atomic mass is 35.5. The Morgan fingerprint density at radius 1 is 1.50 bits per heavy atom. The van der Waals surface area contributed by atoms with E-state index in [1.54, 1.807) is 5.54 Å². The third-order valence-corrected chi connectivity index (χ3v) is 1.39. The smallest absolute Gasteiger partial charge is 0.0176 e. The van der Waals surface area contributed by atoms with E-state index in [1.807, 2.05) is 13.8 Å². The molecule has 0 amide bonds. The van der Waals surface area contributed by atoms with E-state index >= 15 is 0 Å². The van der Waals surface area contributed by atoms with E-state index < -0.39 is 0 Å². The van der Waals surface area contributed by atoms with Crippen LogP contribution >= 0.6 is 11.6 Å². The molecular weight excluding hydrogens is 146 g/mol. The van der Waals surface area contributed by atoms with Gasteiger partial charge in [0.15, 0.2) is 0 Å². The Labute approximate surface area is 67.8 Å². The van der Waals surface area contributed by atoms with Crippen LogP contribution in [-0.4, -0.2) is 13.1 Å². The van der Waals surface area contributed by atoms with Gasteiger partial charge in [0.25, 0.3) is 0 Å². The van der Waals surface area contributed by atoms with Crippen LogP contribution in [-0.2, 0) is 0 Å². The third kappa shape index (κ3) is 5.86. The predicted octanol–water partition coefficient (Wildman–Crippen LogP) is 2.29. The number of hydrogen-bond acceptors (Lipinski definition) is 1. The molecule has 0 aromatic carbocycles. The van der Waals surface area contributed by atoms with Gasteiger partial charge in [0.1, 0.15) is 0 Å². The molecule has 58 valence electrons. The van der Waals surface area contributed by atoms with Crippen molar-refractivity contribution in [2.24, 2.45) is 0 Å². The van der Waals surface area contributed by atoms with E-state index in [-0.39, 0.29) is 0 Å². The minimum absolute atomic E-state index is 0.844. The molecule has 0 spiro atoms. The van der Waals surface area contributed by atoms with E-state index in [0.29, 0.717) is 0 Å². The summed E-state index contributed by atoms with van der Waals surface area (Å²) >= 11 is 5.44. The van der Waals surface area contributed by atoms with E-state index in [1.165, 1.54) is 0 Å². The van der Waals surface area contributed by atoms with Gasteiger partial charge in [-0.3, -0.25) is 0 Å². The van der Waals surface area contributed by atoms with E-state index in [4.69, 9.17) is 11.6 Å². The normalized spacial score (nSPS) is 11.7. The lowest BCUT2D eigenvalue weighted by molar-refractivity contribution is 0.792. The average molecular weight is 160 g/mol. The Hall–Kier alpha value is -0.270. The van der Waals surface area contributed by atoms with Crippen molar-refractivity contribution in [3.63, 3.8) is 0 Å². The molecule has 0 aromatic heterocycles. The Morgan fingerprint density at radius 2 is 2.10 bits per heavy atom. The van der Waals surface area contributed by atoms with Crippen molar-refractivity contribution in [1.82, 2.24) is 5.32 Å². The largest absolute Gasteiger partial charge is 0.309 e. The lowest BCUT2D eigenvalue weighted by Gasteiger charge is -2.02. The lowest BCUT2D eigenvalue weighted by atomic mass is 10.3. The second-order valence-corrected chi connectivity index (χ2v) is 2.73. The lowest BCUT2D eigenvalue weighted by Crippen LogP contribution is -2.17. The van der Waals surface area contributed by atoms with Crippen molar-refractivity contribution < 1.29 is 0 Å². The van der Waals surface area contributed by atoms with Gasteiger partial charge in [0, 0.05) is 18.6 Å². The van der Waals surface area contributed by atoms with Crippen molar-refractivity contribution in [2.75, 3.05) is 13.1 Å². The first-order valence-corrected chi connectivity index (χ1v) is 3.71. The molecular formula is C8H14ClN. The third-order valence-electron chi connectivity index (χ3n) is 1.02. The van der Waals surface area contributed by atoms with Crippen LogP contribution in [0.5, 0.6) is 0 Å². The molecule has 1 N–H and O–H groups in total. The van der Waals surface area contributed by atoms with Gasteiger partial charge in [-0.1, -0.05) is 23.8 Å². The summed E-state index contributed by atoms with van der Waals surface area (Å²) in [5.74, 6) is 0. The molecule has 0 atom stereocenters. The van der Waals surface area contributed by atoms with Gasteiger partial charge >= 0.3 is 0 Å². The van der Waals surface area contributed by atoms with Crippen LogP contribution < -0.4 is 5.32 Å². The van der Waals surface area contributed by atoms with Gasteiger partial charge in [-0.2, -0.15) is 0 Å². The summed E-state index contributed by atoms with van der Waals surface area (Å²) in [5, 5.41) is 3.18. The number of hydrogen-bond donors (Lipinski definition) is 1. The molecule has 0 bridgehead atoms. The fourth-order valence-corrected chi connectivity index (χ4v) is 0.589. The summed E-state index contributed by atoms with van der Waals surface area (Å²) in [4.78, 5) is 0. The van der Waals surface area contributed by atoms with Gasteiger partial charge in [0.05, 0.1) is 0 Å². The van der Waals surface area contributed by atoms with Gasteiger partial charge in [0.2, 0.25) is 0 Å². The van der Waals surface area contributed by atoms with E-state index in [9.17, 15) is 0 Å². The molecule has 1 nitrogen and oxygen atoms in total. The fraction of sp³-hybridized carbons (Fsp3) is 0.500. The first kappa shape index (κ1) is 9.73. The summed E-state index contributed by atoms with van der Waals surface area (Å²) in [6.45, 7) is 9.45. The Balaban J connectivity index is 3.29. The molecule has 0 aliphatic carbocycles. The zero-order valence-corrected chi connectivity index (χ0v) is 7.33. The molecule has 0 saturated heterocycles. The van der Waals surface area contributed by atoms with Crippen molar-refractivity contribution in [1.29, 1.82) is 0 Å². The van der Waals surface area contributed by atoms with Crippen LogP contribution in [0.15, 0.2) is 23.3 Å². The number of rotatable bonds is 4.